The van der Waals surface area contributed by atoms with Gasteiger partial charge in [0.05, 0.1) is 13.2 Å². The summed E-state index contributed by atoms with van der Waals surface area (Å²) in [5, 5.41) is 22.6. The van der Waals surface area contributed by atoms with Gasteiger partial charge in [-0.25, -0.2) is 4.79 Å². The van der Waals surface area contributed by atoms with Crippen LogP contribution in [0.1, 0.15) is 155 Å². The number of esters is 1. The number of aliphatic carboxylic acids is 1. The van der Waals surface area contributed by atoms with Crippen LogP contribution in [0.2, 0.25) is 0 Å². The fourth-order valence-electron chi connectivity index (χ4n) is 5.30. The van der Waals surface area contributed by atoms with Crippen molar-refractivity contribution >= 4 is 23.8 Å². The summed E-state index contributed by atoms with van der Waals surface area (Å²) in [5.74, 6) is -2.59. The third-order valence-corrected chi connectivity index (χ3v) is 8.42. The van der Waals surface area contributed by atoms with Crippen molar-refractivity contribution in [3.63, 3.8) is 0 Å². The minimum atomic E-state index is -1.41. The van der Waals surface area contributed by atoms with Gasteiger partial charge in [-0.15, -0.1) is 0 Å². The van der Waals surface area contributed by atoms with Gasteiger partial charge in [0.1, 0.15) is 12.1 Å². The molecule has 0 rings (SSSR count). The SMILES string of the molecule is CC/C=C\C/C=C\C/C=C\C/C=C\C/C=C\C(CCCCC(=O)NCC(=O)NC(CO)C(=O)O)OC(=O)CCCCCCC/C=C\CCCCCCC. The molecule has 9 nitrogen and oxygen atoms in total. The normalized spacial score (nSPS) is 13.3. The Morgan fingerprint density at radius 1 is 0.604 bits per heavy atom. The Balaban J connectivity index is 4.60. The Bertz CT molecular complexity index is 1120. The van der Waals surface area contributed by atoms with Gasteiger partial charge in [0, 0.05) is 12.8 Å². The topological polar surface area (TPSA) is 142 Å². The van der Waals surface area contributed by atoms with Crippen LogP contribution in [0.15, 0.2) is 72.9 Å². The number of allylic oxidation sites excluding steroid dienone is 11. The van der Waals surface area contributed by atoms with E-state index in [1.807, 2.05) is 12.2 Å². The Labute approximate surface area is 321 Å². The number of ether oxygens (including phenoxy) is 1. The molecule has 2 unspecified atom stereocenters. The zero-order chi connectivity index (χ0) is 39.0. The van der Waals surface area contributed by atoms with E-state index in [4.69, 9.17) is 14.9 Å². The molecule has 0 aromatic rings. The Kier molecular flexibility index (Phi) is 35.3. The summed E-state index contributed by atoms with van der Waals surface area (Å²) in [4.78, 5) is 47.7. The first kappa shape index (κ1) is 49.3. The second kappa shape index (κ2) is 38.0. The summed E-state index contributed by atoms with van der Waals surface area (Å²) in [6.07, 6.45) is 46.5. The molecule has 0 saturated carbocycles. The summed E-state index contributed by atoms with van der Waals surface area (Å²) in [6, 6.07) is -1.41. The van der Waals surface area contributed by atoms with Crippen molar-refractivity contribution in [2.45, 2.75) is 167 Å². The maximum absolute atomic E-state index is 12.7. The Morgan fingerprint density at radius 2 is 1.13 bits per heavy atom. The van der Waals surface area contributed by atoms with Crippen LogP contribution in [-0.4, -0.2) is 59.3 Å². The van der Waals surface area contributed by atoms with Gasteiger partial charge in [0.2, 0.25) is 11.8 Å². The molecule has 0 bridgehead atoms. The van der Waals surface area contributed by atoms with Crippen LogP contribution >= 0.6 is 0 Å². The van der Waals surface area contributed by atoms with Gasteiger partial charge in [-0.3, -0.25) is 14.4 Å². The van der Waals surface area contributed by atoms with Crippen molar-refractivity contribution in [1.29, 1.82) is 0 Å². The van der Waals surface area contributed by atoms with E-state index in [2.05, 4.69) is 85.2 Å². The lowest BCUT2D eigenvalue weighted by Gasteiger charge is -2.15. The van der Waals surface area contributed by atoms with Crippen LogP contribution in [0.3, 0.4) is 0 Å². The summed E-state index contributed by atoms with van der Waals surface area (Å²) < 4.78 is 5.83. The number of hydrogen-bond donors (Lipinski definition) is 4. The first-order valence-corrected chi connectivity index (χ1v) is 20.3. The summed E-state index contributed by atoms with van der Waals surface area (Å²) in [5.41, 5.74) is 0. The van der Waals surface area contributed by atoms with Gasteiger partial charge in [0.25, 0.3) is 0 Å². The lowest BCUT2D eigenvalue weighted by atomic mass is 10.1. The van der Waals surface area contributed by atoms with Crippen LogP contribution < -0.4 is 10.6 Å². The standard InChI is InChI=1S/C44H72N2O7/c1-3-5-7-9-11-13-15-17-19-21-23-25-27-29-33-39(34-31-32-35-41(48)45-37-42(49)46-40(38-47)44(51)52)53-43(50)36-30-28-26-24-22-20-18-16-14-12-10-8-6-4-2/h5,7,11,13,16-19,23,25,29,33,39-40,47H,3-4,6,8-10,12,14-15,20-22,24,26-28,30-32,34-38H2,1-2H3,(H,45,48)(H,46,49)(H,51,52)/b7-5-,13-11-,18-16-,19-17-,25-23-,33-29-. The molecule has 0 radical (unpaired) electrons. The zero-order valence-corrected chi connectivity index (χ0v) is 33.0. The highest BCUT2D eigenvalue weighted by Crippen LogP contribution is 2.14. The summed E-state index contributed by atoms with van der Waals surface area (Å²) in [7, 11) is 0. The molecule has 9 heteroatoms. The van der Waals surface area contributed by atoms with Gasteiger partial charge < -0.3 is 25.6 Å². The van der Waals surface area contributed by atoms with E-state index in [-0.39, 0.29) is 30.9 Å². The van der Waals surface area contributed by atoms with Crippen molar-refractivity contribution in [3.05, 3.63) is 72.9 Å². The van der Waals surface area contributed by atoms with Crippen LogP contribution in [-0.2, 0) is 23.9 Å². The monoisotopic (exact) mass is 741 g/mol. The highest BCUT2D eigenvalue weighted by molar-refractivity contribution is 5.87. The van der Waals surface area contributed by atoms with Crippen molar-refractivity contribution in [2.75, 3.05) is 13.2 Å². The molecule has 0 saturated heterocycles. The predicted octanol–water partition coefficient (Wildman–Crippen LogP) is 9.54. The quantitative estimate of drug-likeness (QED) is 0.0288. The number of carboxylic acids is 1. The number of hydrogen-bond acceptors (Lipinski definition) is 6. The molecule has 0 aromatic heterocycles. The summed E-state index contributed by atoms with van der Waals surface area (Å²) >= 11 is 0. The zero-order valence-electron chi connectivity index (χ0n) is 33.0. The van der Waals surface area contributed by atoms with Crippen molar-refractivity contribution in [1.82, 2.24) is 10.6 Å². The van der Waals surface area contributed by atoms with Crippen LogP contribution in [0.25, 0.3) is 0 Å². The molecule has 2 amide bonds. The lowest BCUT2D eigenvalue weighted by Crippen LogP contribution is -2.47. The molecule has 0 aliphatic rings. The second-order valence-corrected chi connectivity index (χ2v) is 13.3. The average molecular weight is 741 g/mol. The maximum atomic E-state index is 12.7. The summed E-state index contributed by atoms with van der Waals surface area (Å²) in [6.45, 7) is 3.26. The van der Waals surface area contributed by atoms with Crippen LogP contribution in [0, 0.1) is 0 Å². The molecular formula is C44H72N2O7. The number of nitrogens with one attached hydrogen (secondary N) is 2. The predicted molar refractivity (Wildman–Crippen MR) is 217 cm³/mol. The number of carbonyl (C=O) groups is 4. The smallest absolute Gasteiger partial charge is 0.328 e. The van der Waals surface area contributed by atoms with Crippen molar-refractivity contribution < 1.29 is 34.1 Å². The van der Waals surface area contributed by atoms with Crippen molar-refractivity contribution in [2.24, 2.45) is 0 Å². The molecule has 0 fully saturated rings. The molecule has 0 aliphatic carbocycles. The number of amides is 2. The Morgan fingerprint density at radius 3 is 1.70 bits per heavy atom. The molecule has 2 atom stereocenters. The molecule has 0 aliphatic heterocycles. The molecule has 0 aromatic carbocycles. The third-order valence-electron chi connectivity index (χ3n) is 8.42. The minimum Gasteiger partial charge on any atom is -0.480 e. The van der Waals surface area contributed by atoms with E-state index in [1.54, 1.807) is 0 Å². The molecule has 0 spiro atoms. The fourth-order valence-corrected chi connectivity index (χ4v) is 5.30. The Hall–Kier alpha value is -3.72. The number of carbonyl (C=O) groups excluding carboxylic acids is 3. The molecule has 0 heterocycles. The molecule has 53 heavy (non-hydrogen) atoms. The number of aliphatic hydroxyl groups is 1. The first-order valence-electron chi connectivity index (χ1n) is 20.3. The molecule has 300 valence electrons. The van der Waals surface area contributed by atoms with E-state index >= 15 is 0 Å². The molecule has 4 N–H and O–H groups in total. The van der Waals surface area contributed by atoms with E-state index in [9.17, 15) is 19.2 Å². The molecular weight excluding hydrogens is 668 g/mol. The van der Waals surface area contributed by atoms with Gasteiger partial charge >= 0.3 is 11.9 Å². The van der Waals surface area contributed by atoms with Gasteiger partial charge in [0.15, 0.2) is 0 Å². The fraction of sp³-hybridized carbons (Fsp3) is 0.636. The average Bonchev–Trinajstić information content (AvgIpc) is 3.14. The van der Waals surface area contributed by atoms with Gasteiger partial charge in [-0.05, 0) is 89.5 Å². The maximum Gasteiger partial charge on any atom is 0.328 e. The number of unbranched alkanes of at least 4 members (excludes halogenated alkanes) is 11. The number of rotatable bonds is 35. The van der Waals surface area contributed by atoms with Gasteiger partial charge in [-0.1, -0.05) is 126 Å². The van der Waals surface area contributed by atoms with Gasteiger partial charge in [-0.2, -0.15) is 0 Å². The number of aliphatic hydroxyl groups excluding tert-OH is 1. The largest absolute Gasteiger partial charge is 0.480 e. The third kappa shape index (κ3) is 35.1. The lowest BCUT2D eigenvalue weighted by molar-refractivity contribution is -0.147. The second-order valence-electron chi connectivity index (χ2n) is 13.3. The van der Waals surface area contributed by atoms with Crippen LogP contribution in [0.4, 0.5) is 0 Å². The first-order chi connectivity index (χ1) is 25.8. The van der Waals surface area contributed by atoms with Crippen molar-refractivity contribution in [3.8, 4) is 0 Å². The van der Waals surface area contributed by atoms with E-state index in [0.717, 1.165) is 57.8 Å². The minimum absolute atomic E-state index is 0.177. The number of carboxylic acid groups (broad SMARTS) is 1. The van der Waals surface area contributed by atoms with E-state index < -0.39 is 24.5 Å². The highest BCUT2D eigenvalue weighted by Gasteiger charge is 2.19. The van der Waals surface area contributed by atoms with E-state index in [0.29, 0.717) is 25.7 Å². The highest BCUT2D eigenvalue weighted by atomic mass is 16.5. The van der Waals surface area contributed by atoms with E-state index in [1.165, 1.54) is 51.4 Å². The van der Waals surface area contributed by atoms with Crippen LogP contribution in [0.5, 0.6) is 0 Å².